The topological polar surface area (TPSA) is 12.9 Å². The van der Waals surface area contributed by atoms with Crippen molar-refractivity contribution in [3.8, 4) is 0 Å². The van der Waals surface area contributed by atoms with Crippen LogP contribution in [0.25, 0.3) is 10.9 Å². The van der Waals surface area contributed by atoms with Crippen LogP contribution in [0.5, 0.6) is 0 Å². The SMILES string of the molecule is Cc1cc2nc(C(C)C)cc(Cl)c2c(C)c1Br. The average Bonchev–Trinajstić information content (AvgIpc) is 2.25. The molecule has 0 saturated carbocycles. The maximum atomic E-state index is 6.38. The van der Waals surface area contributed by atoms with E-state index in [1.807, 2.05) is 6.07 Å². The summed E-state index contributed by atoms with van der Waals surface area (Å²) in [5.74, 6) is 0.390. The molecular formula is C14H15BrClN. The van der Waals surface area contributed by atoms with Crippen LogP contribution in [0, 0.1) is 13.8 Å². The summed E-state index contributed by atoms with van der Waals surface area (Å²) in [5, 5.41) is 1.84. The Balaban J connectivity index is 2.87. The number of fused-ring (bicyclic) bond motifs is 1. The van der Waals surface area contributed by atoms with E-state index in [2.05, 4.69) is 49.7 Å². The maximum absolute atomic E-state index is 6.38. The molecule has 2 aromatic rings. The molecular weight excluding hydrogens is 298 g/mol. The van der Waals surface area contributed by atoms with Gasteiger partial charge in [-0.25, -0.2) is 0 Å². The zero-order valence-corrected chi connectivity index (χ0v) is 12.8. The molecule has 0 unspecified atom stereocenters. The normalized spacial score (nSPS) is 11.5. The number of aryl methyl sites for hydroxylation is 2. The third kappa shape index (κ3) is 2.21. The van der Waals surface area contributed by atoms with Crippen LogP contribution in [0.4, 0.5) is 0 Å². The highest BCUT2D eigenvalue weighted by Crippen LogP contribution is 2.34. The zero-order valence-electron chi connectivity index (χ0n) is 10.4. The summed E-state index contributed by atoms with van der Waals surface area (Å²) in [6, 6.07) is 4.06. The predicted molar refractivity (Wildman–Crippen MR) is 78.0 cm³/mol. The van der Waals surface area contributed by atoms with Crippen molar-refractivity contribution >= 4 is 38.4 Å². The molecule has 90 valence electrons. The molecule has 2 rings (SSSR count). The molecule has 0 aliphatic carbocycles. The first kappa shape index (κ1) is 12.8. The molecule has 0 aliphatic rings. The van der Waals surface area contributed by atoms with E-state index < -0.39 is 0 Å². The van der Waals surface area contributed by atoms with Gasteiger partial charge in [0.05, 0.1) is 10.5 Å². The van der Waals surface area contributed by atoms with Crippen LogP contribution in [0.3, 0.4) is 0 Å². The molecule has 17 heavy (non-hydrogen) atoms. The number of hydrogen-bond donors (Lipinski definition) is 0. The Kier molecular flexibility index (Phi) is 3.46. The van der Waals surface area contributed by atoms with Crippen molar-refractivity contribution < 1.29 is 0 Å². The van der Waals surface area contributed by atoms with Crippen molar-refractivity contribution in [2.24, 2.45) is 0 Å². The lowest BCUT2D eigenvalue weighted by Crippen LogP contribution is -1.96. The van der Waals surface area contributed by atoms with Gasteiger partial charge in [-0.05, 0) is 43.0 Å². The molecule has 0 amide bonds. The Hall–Kier alpha value is -0.600. The molecule has 1 aromatic heterocycles. The third-order valence-electron chi connectivity index (χ3n) is 3.01. The van der Waals surface area contributed by atoms with Gasteiger partial charge in [0, 0.05) is 15.6 Å². The molecule has 0 spiro atoms. The fourth-order valence-electron chi connectivity index (χ4n) is 2.00. The van der Waals surface area contributed by atoms with E-state index in [9.17, 15) is 0 Å². The lowest BCUT2D eigenvalue weighted by atomic mass is 10.0. The number of pyridine rings is 1. The molecule has 1 aromatic carbocycles. The minimum atomic E-state index is 0.390. The van der Waals surface area contributed by atoms with Gasteiger partial charge in [0.1, 0.15) is 0 Å². The molecule has 1 nitrogen and oxygen atoms in total. The van der Waals surface area contributed by atoms with Crippen molar-refractivity contribution in [2.45, 2.75) is 33.6 Å². The second-order valence-electron chi connectivity index (χ2n) is 4.71. The molecule has 0 fully saturated rings. The van der Waals surface area contributed by atoms with Crippen LogP contribution >= 0.6 is 27.5 Å². The van der Waals surface area contributed by atoms with Crippen LogP contribution in [-0.2, 0) is 0 Å². The standard InChI is InChI=1S/C14H15BrClN/c1-7(2)11-6-10(16)13-9(4)14(15)8(3)5-12(13)17-11/h5-7H,1-4H3. The number of rotatable bonds is 1. The first-order valence-electron chi connectivity index (χ1n) is 5.67. The van der Waals surface area contributed by atoms with Crippen LogP contribution in [0.2, 0.25) is 5.02 Å². The van der Waals surface area contributed by atoms with Crippen molar-refractivity contribution in [3.63, 3.8) is 0 Å². The summed E-state index contributed by atoms with van der Waals surface area (Å²) in [7, 11) is 0. The van der Waals surface area contributed by atoms with Gasteiger partial charge in [0.15, 0.2) is 0 Å². The first-order valence-corrected chi connectivity index (χ1v) is 6.84. The number of halogens is 2. The summed E-state index contributed by atoms with van der Waals surface area (Å²) in [6.45, 7) is 8.41. The summed E-state index contributed by atoms with van der Waals surface area (Å²) < 4.78 is 1.12. The largest absolute Gasteiger partial charge is 0.252 e. The minimum Gasteiger partial charge on any atom is -0.252 e. The van der Waals surface area contributed by atoms with Crippen molar-refractivity contribution in [1.82, 2.24) is 4.98 Å². The number of hydrogen-bond acceptors (Lipinski definition) is 1. The van der Waals surface area contributed by atoms with Gasteiger partial charge in [-0.2, -0.15) is 0 Å². The zero-order chi connectivity index (χ0) is 12.7. The smallest absolute Gasteiger partial charge is 0.0726 e. The van der Waals surface area contributed by atoms with Gasteiger partial charge in [-0.1, -0.05) is 41.4 Å². The van der Waals surface area contributed by atoms with Gasteiger partial charge >= 0.3 is 0 Å². The lowest BCUT2D eigenvalue weighted by molar-refractivity contribution is 0.830. The third-order valence-corrected chi connectivity index (χ3v) is 4.53. The fourth-order valence-corrected chi connectivity index (χ4v) is 2.66. The van der Waals surface area contributed by atoms with Crippen LogP contribution in [0.15, 0.2) is 16.6 Å². The summed E-state index contributed by atoms with van der Waals surface area (Å²) in [4.78, 5) is 4.69. The van der Waals surface area contributed by atoms with E-state index in [1.54, 1.807) is 0 Å². The molecule has 0 radical (unpaired) electrons. The van der Waals surface area contributed by atoms with Gasteiger partial charge in [0.2, 0.25) is 0 Å². The number of benzene rings is 1. The highest BCUT2D eigenvalue weighted by Gasteiger charge is 2.12. The van der Waals surface area contributed by atoms with Gasteiger partial charge in [0.25, 0.3) is 0 Å². The second-order valence-corrected chi connectivity index (χ2v) is 5.91. The average molecular weight is 313 g/mol. The van der Waals surface area contributed by atoms with E-state index in [-0.39, 0.29) is 0 Å². The quantitative estimate of drug-likeness (QED) is 0.688. The van der Waals surface area contributed by atoms with Crippen LogP contribution in [-0.4, -0.2) is 4.98 Å². The van der Waals surface area contributed by atoms with E-state index >= 15 is 0 Å². The summed E-state index contributed by atoms with van der Waals surface area (Å²) in [6.07, 6.45) is 0. The van der Waals surface area contributed by atoms with Crippen molar-refractivity contribution in [3.05, 3.63) is 38.4 Å². The Morgan fingerprint density at radius 3 is 2.47 bits per heavy atom. The summed E-state index contributed by atoms with van der Waals surface area (Å²) >= 11 is 9.97. The Bertz CT molecular complexity index is 591. The number of nitrogens with zero attached hydrogens (tertiary/aromatic N) is 1. The fraction of sp³-hybridized carbons (Fsp3) is 0.357. The molecule has 0 N–H and O–H groups in total. The summed E-state index contributed by atoms with van der Waals surface area (Å²) in [5.41, 5.74) is 4.38. The van der Waals surface area contributed by atoms with E-state index in [1.165, 1.54) is 5.56 Å². The molecule has 0 bridgehead atoms. The Morgan fingerprint density at radius 2 is 1.88 bits per heavy atom. The van der Waals surface area contributed by atoms with Crippen LogP contribution < -0.4 is 0 Å². The van der Waals surface area contributed by atoms with Gasteiger partial charge < -0.3 is 0 Å². The van der Waals surface area contributed by atoms with Crippen LogP contribution in [0.1, 0.15) is 36.6 Å². The maximum Gasteiger partial charge on any atom is 0.0726 e. The Labute approximate surface area is 115 Å². The van der Waals surface area contributed by atoms with Gasteiger partial charge in [-0.15, -0.1) is 0 Å². The predicted octanol–water partition coefficient (Wildman–Crippen LogP) is 5.39. The van der Waals surface area contributed by atoms with E-state index in [0.717, 1.165) is 31.7 Å². The highest BCUT2D eigenvalue weighted by atomic mass is 79.9. The monoisotopic (exact) mass is 311 g/mol. The number of aromatic nitrogens is 1. The van der Waals surface area contributed by atoms with Crippen molar-refractivity contribution in [1.29, 1.82) is 0 Å². The molecule has 0 aliphatic heterocycles. The molecule has 3 heteroatoms. The van der Waals surface area contributed by atoms with Crippen molar-refractivity contribution in [2.75, 3.05) is 0 Å². The molecule has 1 heterocycles. The second kappa shape index (κ2) is 4.58. The van der Waals surface area contributed by atoms with Gasteiger partial charge in [-0.3, -0.25) is 4.98 Å². The lowest BCUT2D eigenvalue weighted by Gasteiger charge is -2.12. The van der Waals surface area contributed by atoms with E-state index in [0.29, 0.717) is 5.92 Å². The molecule has 0 atom stereocenters. The Morgan fingerprint density at radius 1 is 1.24 bits per heavy atom. The minimum absolute atomic E-state index is 0.390. The highest BCUT2D eigenvalue weighted by molar-refractivity contribution is 9.10. The van der Waals surface area contributed by atoms with E-state index in [4.69, 9.17) is 16.6 Å². The molecule has 0 saturated heterocycles. The first-order chi connectivity index (χ1) is 7.91.